The second kappa shape index (κ2) is 11.5. The summed E-state index contributed by atoms with van der Waals surface area (Å²) in [6, 6.07) is 13.3. The van der Waals surface area contributed by atoms with Crippen LogP contribution in [0.1, 0.15) is 11.1 Å². The van der Waals surface area contributed by atoms with E-state index in [9.17, 15) is 21.2 Å². The van der Waals surface area contributed by atoms with Crippen molar-refractivity contribution in [1.29, 1.82) is 0 Å². The van der Waals surface area contributed by atoms with E-state index in [-0.39, 0.29) is 29.4 Å². The highest BCUT2D eigenvalue weighted by atomic mass is 32.2. The van der Waals surface area contributed by atoms with E-state index in [4.69, 9.17) is 14.2 Å². The van der Waals surface area contributed by atoms with Gasteiger partial charge in [0.25, 0.3) is 0 Å². The Morgan fingerprint density at radius 2 is 1.27 bits per heavy atom. The van der Waals surface area contributed by atoms with E-state index in [0.29, 0.717) is 49.0 Å². The van der Waals surface area contributed by atoms with E-state index in [1.165, 1.54) is 47.1 Å². The molecule has 0 amide bonds. The number of hydrogen-bond acceptors (Lipinski definition) is 8. The molecule has 10 nitrogen and oxygen atoms in total. The molecule has 1 fully saturated rings. The Labute approximate surface area is 239 Å². The van der Waals surface area contributed by atoms with Crippen LogP contribution in [0, 0.1) is 5.82 Å². The number of fused-ring (bicyclic) bond motifs is 1. The van der Waals surface area contributed by atoms with Gasteiger partial charge in [0, 0.05) is 39.3 Å². The molecule has 0 spiro atoms. The van der Waals surface area contributed by atoms with Gasteiger partial charge in [-0.2, -0.15) is 8.61 Å². The fourth-order valence-corrected chi connectivity index (χ4v) is 8.13. The van der Waals surface area contributed by atoms with E-state index in [1.54, 1.807) is 19.2 Å². The van der Waals surface area contributed by atoms with E-state index in [1.807, 2.05) is 17.0 Å². The van der Waals surface area contributed by atoms with Crippen LogP contribution in [0.4, 0.5) is 10.1 Å². The minimum atomic E-state index is -3.87. The number of halogens is 1. The summed E-state index contributed by atoms with van der Waals surface area (Å²) < 4.78 is 86.4. The van der Waals surface area contributed by atoms with Crippen molar-refractivity contribution in [3.8, 4) is 17.2 Å². The number of rotatable bonds is 8. The lowest BCUT2D eigenvalue weighted by molar-refractivity contribution is 0.348. The van der Waals surface area contributed by atoms with Gasteiger partial charge < -0.3 is 19.1 Å². The highest BCUT2D eigenvalue weighted by molar-refractivity contribution is 7.89. The van der Waals surface area contributed by atoms with Crippen molar-refractivity contribution in [2.24, 2.45) is 0 Å². The Kier molecular flexibility index (Phi) is 8.15. The zero-order valence-corrected chi connectivity index (χ0v) is 24.7. The smallest absolute Gasteiger partial charge is 0.243 e. The van der Waals surface area contributed by atoms with Gasteiger partial charge in [0.05, 0.1) is 36.8 Å². The molecule has 0 aliphatic carbocycles. The molecule has 0 aromatic heterocycles. The fourth-order valence-electron chi connectivity index (χ4n) is 5.23. The highest BCUT2D eigenvalue weighted by Crippen LogP contribution is 2.37. The molecule has 2 heterocycles. The summed E-state index contributed by atoms with van der Waals surface area (Å²) in [4.78, 5) is 1.92. The molecule has 41 heavy (non-hydrogen) atoms. The predicted octanol–water partition coefficient (Wildman–Crippen LogP) is 3.11. The summed E-state index contributed by atoms with van der Waals surface area (Å²) in [6.07, 6.45) is 0.527. The van der Waals surface area contributed by atoms with Crippen LogP contribution in [0.3, 0.4) is 0 Å². The first kappa shape index (κ1) is 29.1. The van der Waals surface area contributed by atoms with Gasteiger partial charge in [-0.3, -0.25) is 0 Å². The van der Waals surface area contributed by atoms with Crippen LogP contribution in [-0.2, 0) is 33.0 Å². The lowest BCUT2D eigenvalue weighted by Crippen LogP contribution is -2.48. The van der Waals surface area contributed by atoms with Crippen molar-refractivity contribution in [3.05, 3.63) is 71.5 Å². The van der Waals surface area contributed by atoms with Gasteiger partial charge in [0.1, 0.15) is 11.6 Å². The van der Waals surface area contributed by atoms with Crippen molar-refractivity contribution in [1.82, 2.24) is 8.61 Å². The van der Waals surface area contributed by atoms with Crippen LogP contribution < -0.4 is 19.1 Å². The third-order valence-electron chi connectivity index (χ3n) is 7.48. The lowest BCUT2D eigenvalue weighted by atomic mass is 10.0. The van der Waals surface area contributed by atoms with Crippen LogP contribution >= 0.6 is 0 Å². The summed E-state index contributed by atoms with van der Waals surface area (Å²) in [5, 5.41) is 0. The normalized spacial score (nSPS) is 16.7. The van der Waals surface area contributed by atoms with Gasteiger partial charge in [-0.05, 0) is 66.1 Å². The van der Waals surface area contributed by atoms with Crippen LogP contribution in [-0.4, -0.2) is 79.5 Å². The highest BCUT2D eigenvalue weighted by Gasteiger charge is 2.33. The number of ether oxygens (including phenoxy) is 3. The first-order valence-corrected chi connectivity index (χ1v) is 15.9. The zero-order valence-electron chi connectivity index (χ0n) is 23.0. The van der Waals surface area contributed by atoms with Crippen LogP contribution in [0.2, 0.25) is 0 Å². The fraction of sp³-hybridized carbons (Fsp3) is 0.357. The molecule has 0 unspecified atom stereocenters. The zero-order chi connectivity index (χ0) is 29.4. The lowest BCUT2D eigenvalue weighted by Gasteiger charge is -2.36. The largest absolute Gasteiger partial charge is 0.495 e. The molecular weight excluding hydrogens is 573 g/mol. The predicted molar refractivity (Wildman–Crippen MR) is 151 cm³/mol. The first-order chi connectivity index (χ1) is 19.6. The SMILES string of the molecule is COc1cc2c(cc1OC)CN(S(=O)(=O)c1ccc(OC)c(N3CCN(S(=O)(=O)c4cccc(F)c4)CC3)c1)CC2. The number of benzene rings is 3. The van der Waals surface area contributed by atoms with Crippen molar-refractivity contribution in [2.45, 2.75) is 22.8 Å². The molecule has 2 aliphatic rings. The van der Waals surface area contributed by atoms with E-state index in [0.717, 1.165) is 17.2 Å². The van der Waals surface area contributed by atoms with Gasteiger partial charge in [0.15, 0.2) is 11.5 Å². The second-order valence-corrected chi connectivity index (χ2v) is 13.6. The van der Waals surface area contributed by atoms with Crippen LogP contribution in [0.5, 0.6) is 17.2 Å². The van der Waals surface area contributed by atoms with E-state index < -0.39 is 25.9 Å². The summed E-state index contributed by atoms with van der Waals surface area (Å²) >= 11 is 0. The average Bonchev–Trinajstić information content (AvgIpc) is 2.99. The van der Waals surface area contributed by atoms with E-state index >= 15 is 0 Å². The summed E-state index contributed by atoms with van der Waals surface area (Å²) in [5.41, 5.74) is 2.41. The number of nitrogens with zero attached hydrogens (tertiary/aromatic N) is 3. The van der Waals surface area contributed by atoms with E-state index in [2.05, 4.69) is 0 Å². The molecule has 0 radical (unpaired) electrons. The third-order valence-corrected chi connectivity index (χ3v) is 11.2. The Morgan fingerprint density at radius 1 is 0.659 bits per heavy atom. The summed E-state index contributed by atoms with van der Waals surface area (Å²) in [5.74, 6) is 0.997. The summed E-state index contributed by atoms with van der Waals surface area (Å²) in [6.45, 7) is 1.39. The van der Waals surface area contributed by atoms with Gasteiger partial charge in [-0.25, -0.2) is 21.2 Å². The molecule has 3 aromatic rings. The number of hydrogen-bond donors (Lipinski definition) is 0. The van der Waals surface area contributed by atoms with Crippen molar-refractivity contribution in [3.63, 3.8) is 0 Å². The Morgan fingerprint density at radius 3 is 1.90 bits per heavy atom. The standard InChI is InChI=1S/C28H32FN3O7S2/c1-37-26-8-7-24(41(35,36)32-10-9-20-15-27(38-2)28(39-3)16-21(20)19-32)18-25(26)30-11-13-31(14-12-30)40(33,34)23-6-4-5-22(29)17-23/h4-8,15-18H,9-14,19H2,1-3H3. The maximum absolute atomic E-state index is 13.8. The molecule has 0 N–H and O–H groups in total. The van der Waals surface area contributed by atoms with Crippen LogP contribution in [0.15, 0.2) is 64.4 Å². The van der Waals surface area contributed by atoms with Gasteiger partial charge >= 0.3 is 0 Å². The van der Waals surface area contributed by atoms with Crippen molar-refractivity contribution < 1.29 is 35.4 Å². The average molecular weight is 606 g/mol. The Balaban J connectivity index is 1.36. The molecule has 2 aliphatic heterocycles. The molecular formula is C28H32FN3O7S2. The Hall–Kier alpha value is -3.39. The number of piperazine rings is 1. The number of sulfonamides is 2. The monoisotopic (exact) mass is 605 g/mol. The number of anilines is 1. The first-order valence-electron chi connectivity index (χ1n) is 13.0. The quantitative estimate of drug-likeness (QED) is 0.386. The maximum atomic E-state index is 13.8. The minimum absolute atomic E-state index is 0.101. The van der Waals surface area contributed by atoms with Gasteiger partial charge in [-0.1, -0.05) is 6.07 Å². The maximum Gasteiger partial charge on any atom is 0.243 e. The molecule has 220 valence electrons. The molecule has 0 bridgehead atoms. The van der Waals surface area contributed by atoms with Gasteiger partial charge in [0.2, 0.25) is 20.0 Å². The van der Waals surface area contributed by atoms with Crippen molar-refractivity contribution in [2.75, 3.05) is 59.0 Å². The topological polar surface area (TPSA) is 106 Å². The molecule has 5 rings (SSSR count). The third kappa shape index (κ3) is 5.59. The van der Waals surface area contributed by atoms with Gasteiger partial charge in [-0.15, -0.1) is 0 Å². The molecule has 3 aromatic carbocycles. The molecule has 1 saturated heterocycles. The summed E-state index contributed by atoms with van der Waals surface area (Å²) in [7, 11) is -3.13. The number of methoxy groups -OCH3 is 3. The van der Waals surface area contributed by atoms with Crippen molar-refractivity contribution >= 4 is 25.7 Å². The molecule has 13 heteroatoms. The second-order valence-electron chi connectivity index (χ2n) is 9.75. The molecule has 0 atom stereocenters. The molecule has 0 saturated carbocycles. The van der Waals surface area contributed by atoms with Crippen LogP contribution in [0.25, 0.3) is 0 Å². The minimum Gasteiger partial charge on any atom is -0.495 e. The Bertz CT molecular complexity index is 1660.